The van der Waals surface area contributed by atoms with Gasteiger partial charge in [0.15, 0.2) is 0 Å². The summed E-state index contributed by atoms with van der Waals surface area (Å²) in [6.07, 6.45) is -6.56. The van der Waals surface area contributed by atoms with Crippen molar-refractivity contribution in [2.75, 3.05) is 13.1 Å². The molecule has 2 saturated heterocycles. The minimum Gasteiger partial charge on any atom is -0.338 e. The maximum atomic E-state index is 13.1. The predicted octanol–water partition coefficient (Wildman–Crippen LogP) is 4.70. The molecule has 3 rings (SSSR count). The maximum Gasteiger partial charge on any atom is 0.416 e. The topological polar surface area (TPSA) is 23.6 Å². The number of carbonyl (C=O) groups excluding carboxylic acids is 1. The van der Waals surface area contributed by atoms with E-state index in [9.17, 15) is 31.1 Å². The summed E-state index contributed by atoms with van der Waals surface area (Å²) in [7, 11) is 0. The van der Waals surface area contributed by atoms with Crippen molar-refractivity contribution in [3.05, 3.63) is 34.9 Å². The number of alkyl halides is 6. The second-order valence-corrected chi connectivity index (χ2v) is 7.52. The van der Waals surface area contributed by atoms with Crippen LogP contribution in [0.5, 0.6) is 0 Å². The van der Waals surface area contributed by atoms with Crippen molar-refractivity contribution in [1.29, 1.82) is 0 Å². The van der Waals surface area contributed by atoms with Crippen LogP contribution in [0.15, 0.2) is 18.2 Å². The molecule has 28 heavy (non-hydrogen) atoms. The fraction of sp³-hybridized carbons (Fsp3) is 0.632. The van der Waals surface area contributed by atoms with Crippen LogP contribution < -0.4 is 0 Å². The van der Waals surface area contributed by atoms with Gasteiger partial charge in [-0.1, -0.05) is 6.42 Å². The lowest BCUT2D eigenvalue weighted by molar-refractivity contribution is -0.143. The van der Waals surface area contributed by atoms with Crippen LogP contribution in [-0.4, -0.2) is 40.9 Å². The van der Waals surface area contributed by atoms with Gasteiger partial charge < -0.3 is 4.90 Å². The van der Waals surface area contributed by atoms with Crippen molar-refractivity contribution in [1.82, 2.24) is 9.80 Å². The Kier molecular flexibility index (Phi) is 5.67. The molecule has 1 amide bonds. The van der Waals surface area contributed by atoms with Crippen LogP contribution in [0.3, 0.4) is 0 Å². The van der Waals surface area contributed by atoms with Crippen LogP contribution in [0.4, 0.5) is 26.3 Å². The van der Waals surface area contributed by atoms with Gasteiger partial charge >= 0.3 is 12.4 Å². The minimum atomic E-state index is -4.85. The highest BCUT2D eigenvalue weighted by molar-refractivity contribution is 5.74. The third-order valence-corrected chi connectivity index (χ3v) is 5.61. The van der Waals surface area contributed by atoms with E-state index < -0.39 is 23.5 Å². The van der Waals surface area contributed by atoms with E-state index >= 15 is 0 Å². The molecule has 2 fully saturated rings. The molecule has 2 aliphatic rings. The molecule has 0 radical (unpaired) electrons. The van der Waals surface area contributed by atoms with Crippen LogP contribution in [0.1, 0.15) is 49.3 Å². The number of halogens is 6. The number of carbonyl (C=O) groups is 1. The first-order valence-corrected chi connectivity index (χ1v) is 9.26. The minimum absolute atomic E-state index is 0.0000879. The summed E-state index contributed by atoms with van der Waals surface area (Å²) in [6.45, 7) is 2.64. The first-order chi connectivity index (χ1) is 13.0. The Morgan fingerprint density at radius 1 is 0.929 bits per heavy atom. The fourth-order valence-corrected chi connectivity index (χ4v) is 4.38. The first kappa shape index (κ1) is 21.0. The summed E-state index contributed by atoms with van der Waals surface area (Å²) in [5.41, 5.74) is -2.59. The number of benzene rings is 1. The molecule has 1 aromatic carbocycles. The van der Waals surface area contributed by atoms with Gasteiger partial charge in [0.25, 0.3) is 0 Å². The number of hydrogen-bond donors (Lipinski definition) is 0. The summed E-state index contributed by atoms with van der Waals surface area (Å²) in [4.78, 5) is 15.6. The molecule has 156 valence electrons. The van der Waals surface area contributed by atoms with Crippen LogP contribution in [0.25, 0.3) is 0 Å². The molecule has 9 heteroatoms. The Bertz CT molecular complexity index is 698. The molecule has 0 spiro atoms. The fourth-order valence-electron chi connectivity index (χ4n) is 4.38. The zero-order valence-corrected chi connectivity index (χ0v) is 15.4. The Balaban J connectivity index is 1.90. The Labute approximate surface area is 159 Å². The van der Waals surface area contributed by atoms with Crippen molar-refractivity contribution in [2.24, 2.45) is 0 Å². The Hall–Kier alpha value is -1.77. The molecular weight excluding hydrogens is 386 g/mol. The van der Waals surface area contributed by atoms with E-state index in [-0.39, 0.29) is 36.2 Å². The van der Waals surface area contributed by atoms with Crippen molar-refractivity contribution >= 4 is 5.91 Å². The molecule has 1 aromatic rings. The van der Waals surface area contributed by atoms with Crippen LogP contribution in [-0.2, 0) is 23.7 Å². The van der Waals surface area contributed by atoms with Gasteiger partial charge in [-0.2, -0.15) is 26.3 Å². The van der Waals surface area contributed by atoms with Crippen molar-refractivity contribution < 1.29 is 31.1 Å². The lowest BCUT2D eigenvalue weighted by Crippen LogP contribution is -2.44. The smallest absolute Gasteiger partial charge is 0.338 e. The average molecular weight is 408 g/mol. The van der Waals surface area contributed by atoms with Crippen molar-refractivity contribution in [2.45, 2.75) is 63.6 Å². The van der Waals surface area contributed by atoms with Crippen molar-refractivity contribution in [3.8, 4) is 0 Å². The molecule has 3 nitrogen and oxygen atoms in total. The lowest BCUT2D eigenvalue weighted by Gasteiger charge is -2.33. The molecule has 2 heterocycles. The number of fused-ring (bicyclic) bond motifs is 1. The second kappa shape index (κ2) is 7.57. The molecule has 0 aromatic heterocycles. The number of nitrogens with zero attached hydrogens (tertiary/aromatic N) is 2. The normalized spacial score (nSPS) is 24.2. The summed E-state index contributed by atoms with van der Waals surface area (Å²) in [5.74, 6) is -0.0484. The van der Waals surface area contributed by atoms with Gasteiger partial charge in [-0.05, 0) is 49.6 Å². The number of rotatable bonds is 2. The Morgan fingerprint density at radius 2 is 1.54 bits per heavy atom. The van der Waals surface area contributed by atoms with Gasteiger partial charge in [0.1, 0.15) is 0 Å². The highest BCUT2D eigenvalue weighted by atomic mass is 19.4. The summed E-state index contributed by atoms with van der Waals surface area (Å²) < 4.78 is 78.7. The van der Waals surface area contributed by atoms with E-state index in [4.69, 9.17) is 0 Å². The molecule has 0 saturated carbocycles. The molecule has 0 aliphatic carbocycles. The zero-order chi connectivity index (χ0) is 20.7. The SMILES string of the molecule is CC(=O)N1CC[C@@H]2[C@H]1CCCCN2Cc1cc(C(F)(F)F)cc(C(F)(F)F)c1. The summed E-state index contributed by atoms with van der Waals surface area (Å²) >= 11 is 0. The van der Waals surface area contributed by atoms with Gasteiger partial charge in [-0.15, -0.1) is 0 Å². The third kappa shape index (κ3) is 4.45. The Morgan fingerprint density at radius 3 is 2.07 bits per heavy atom. The van der Waals surface area contributed by atoms with E-state index in [0.29, 0.717) is 19.5 Å². The number of likely N-dealkylation sites (tertiary alicyclic amines) is 2. The first-order valence-electron chi connectivity index (χ1n) is 9.26. The molecule has 0 N–H and O–H groups in total. The largest absolute Gasteiger partial charge is 0.416 e. The van der Waals surface area contributed by atoms with Crippen LogP contribution in [0, 0.1) is 0 Å². The van der Waals surface area contributed by atoms with Crippen molar-refractivity contribution in [3.63, 3.8) is 0 Å². The van der Waals surface area contributed by atoms with Gasteiger partial charge in [0.2, 0.25) is 5.91 Å². The van der Waals surface area contributed by atoms with Gasteiger partial charge in [0.05, 0.1) is 11.1 Å². The molecular formula is C19H22F6N2O. The third-order valence-electron chi connectivity index (χ3n) is 5.61. The number of hydrogen-bond acceptors (Lipinski definition) is 2. The predicted molar refractivity (Wildman–Crippen MR) is 90.3 cm³/mol. The van der Waals surface area contributed by atoms with E-state index in [1.807, 2.05) is 4.90 Å². The van der Waals surface area contributed by atoms with E-state index in [1.54, 1.807) is 4.90 Å². The van der Waals surface area contributed by atoms with E-state index in [2.05, 4.69) is 0 Å². The maximum absolute atomic E-state index is 13.1. The molecule has 0 unspecified atom stereocenters. The second-order valence-electron chi connectivity index (χ2n) is 7.52. The lowest BCUT2D eigenvalue weighted by atomic mass is 10.0. The quantitative estimate of drug-likeness (QED) is 0.663. The molecule has 2 atom stereocenters. The zero-order valence-electron chi connectivity index (χ0n) is 15.4. The van der Waals surface area contributed by atoms with Gasteiger partial charge in [-0.25, -0.2) is 0 Å². The summed E-state index contributed by atoms with van der Waals surface area (Å²) in [5, 5.41) is 0. The standard InChI is InChI=1S/C19H22F6N2O/c1-12(28)27-7-5-16-17(27)4-2-3-6-26(16)11-13-8-14(18(20,21)22)10-15(9-13)19(23,24)25/h8-10,16-17H,2-7,11H2,1H3/t16-,17-/m1/s1. The van der Waals surface area contributed by atoms with Crippen LogP contribution in [0.2, 0.25) is 0 Å². The highest BCUT2D eigenvalue weighted by Gasteiger charge is 2.41. The number of amides is 1. The van der Waals surface area contributed by atoms with Crippen LogP contribution >= 0.6 is 0 Å². The molecule has 0 bridgehead atoms. The van der Waals surface area contributed by atoms with Gasteiger partial charge in [-0.3, -0.25) is 9.69 Å². The summed E-state index contributed by atoms with van der Waals surface area (Å²) in [6, 6.07) is 1.67. The average Bonchev–Trinajstić information content (AvgIpc) is 2.90. The highest BCUT2D eigenvalue weighted by Crippen LogP contribution is 2.37. The van der Waals surface area contributed by atoms with Gasteiger partial charge in [0, 0.05) is 32.1 Å². The monoisotopic (exact) mass is 408 g/mol. The molecule has 2 aliphatic heterocycles. The van der Waals surface area contributed by atoms with E-state index in [1.165, 1.54) is 6.92 Å². The van der Waals surface area contributed by atoms with E-state index in [0.717, 1.165) is 31.4 Å².